The van der Waals surface area contributed by atoms with Crippen molar-refractivity contribution in [2.24, 2.45) is 0 Å². The van der Waals surface area contributed by atoms with E-state index in [0.29, 0.717) is 0 Å². The van der Waals surface area contributed by atoms with Crippen LogP contribution in [0.15, 0.2) is 128 Å². The van der Waals surface area contributed by atoms with E-state index in [1.54, 1.807) is 6.20 Å². The Morgan fingerprint density at radius 1 is 0.436 bits per heavy atom. The highest BCUT2D eigenvalue weighted by Gasteiger charge is 2.16. The van der Waals surface area contributed by atoms with Gasteiger partial charge in [-0.2, -0.15) is 0 Å². The Hall–Kier alpha value is -5.49. The van der Waals surface area contributed by atoms with Gasteiger partial charge in [0.25, 0.3) is 0 Å². The fourth-order valence-electron chi connectivity index (χ4n) is 5.49. The van der Waals surface area contributed by atoms with E-state index in [-0.39, 0.29) is 0 Å². The summed E-state index contributed by atoms with van der Waals surface area (Å²) in [5.74, 6) is 3.20. The molecule has 0 aliphatic heterocycles. The largest absolute Gasteiger partial charge is 0.457 e. The van der Waals surface area contributed by atoms with Gasteiger partial charge in [-0.15, -0.1) is 0 Å². The molecule has 0 amide bonds. The van der Waals surface area contributed by atoms with Gasteiger partial charge in [-0.3, -0.25) is 14.1 Å². The first-order chi connectivity index (χ1) is 19.3. The van der Waals surface area contributed by atoms with Crippen molar-refractivity contribution in [2.75, 3.05) is 0 Å². The minimum absolute atomic E-state index is 0.738. The zero-order chi connectivity index (χ0) is 25.8. The van der Waals surface area contributed by atoms with E-state index in [9.17, 15) is 0 Å². The third-order valence-electron chi connectivity index (χ3n) is 7.13. The number of para-hydroxylation sites is 1. The summed E-state index contributed by atoms with van der Waals surface area (Å²) in [5.41, 5.74) is 5.08. The predicted octanol–water partition coefficient (Wildman–Crippen LogP) is 7.86. The normalized spacial score (nSPS) is 11.6. The Balaban J connectivity index is 1.29. The third kappa shape index (κ3) is 3.39. The summed E-state index contributed by atoms with van der Waals surface area (Å²) in [6.45, 7) is 0. The molecule has 0 fully saturated rings. The second-order valence-corrected chi connectivity index (χ2v) is 9.39. The van der Waals surface area contributed by atoms with Crippen LogP contribution >= 0.6 is 0 Å². The molecule has 0 saturated heterocycles. The van der Waals surface area contributed by atoms with Crippen LogP contribution in [0.4, 0.5) is 0 Å². The van der Waals surface area contributed by atoms with E-state index in [2.05, 4.69) is 78.7 Å². The molecule has 39 heavy (non-hydrogen) atoms. The molecule has 6 nitrogen and oxygen atoms in total. The molecule has 0 spiro atoms. The number of fused-ring (bicyclic) bond motifs is 6. The van der Waals surface area contributed by atoms with Crippen LogP contribution in [0.2, 0.25) is 0 Å². The van der Waals surface area contributed by atoms with Crippen molar-refractivity contribution in [3.63, 3.8) is 0 Å². The predicted molar refractivity (Wildman–Crippen MR) is 155 cm³/mol. The van der Waals surface area contributed by atoms with Gasteiger partial charge in [-0.1, -0.05) is 30.3 Å². The lowest BCUT2D eigenvalue weighted by atomic mass is 10.1. The second-order valence-electron chi connectivity index (χ2n) is 9.39. The summed E-state index contributed by atoms with van der Waals surface area (Å²) in [6.07, 6.45) is 5.45. The fourth-order valence-corrected chi connectivity index (χ4v) is 5.49. The third-order valence-corrected chi connectivity index (χ3v) is 7.13. The monoisotopic (exact) mass is 503 g/mol. The van der Waals surface area contributed by atoms with E-state index in [4.69, 9.17) is 4.74 Å². The highest BCUT2D eigenvalue weighted by Crippen LogP contribution is 2.37. The van der Waals surface area contributed by atoms with Crippen LogP contribution in [0.3, 0.4) is 0 Å². The van der Waals surface area contributed by atoms with Crippen LogP contribution < -0.4 is 4.74 Å². The van der Waals surface area contributed by atoms with Gasteiger partial charge in [0.15, 0.2) is 0 Å². The Morgan fingerprint density at radius 3 is 1.72 bits per heavy atom. The Kier molecular flexibility index (Phi) is 4.72. The van der Waals surface area contributed by atoms with Gasteiger partial charge in [0.2, 0.25) is 0 Å². The number of hydrogen-bond acceptors (Lipinski definition) is 4. The summed E-state index contributed by atoms with van der Waals surface area (Å²) in [6, 6.07) is 36.7. The van der Waals surface area contributed by atoms with E-state index in [1.165, 1.54) is 5.39 Å². The molecule has 0 N–H and O–H groups in total. The molecule has 0 radical (unpaired) electrons. The van der Waals surface area contributed by atoms with Crippen molar-refractivity contribution in [1.82, 2.24) is 24.1 Å². The maximum absolute atomic E-state index is 6.48. The Labute approximate surface area is 223 Å². The lowest BCUT2D eigenvalue weighted by molar-refractivity contribution is 0.484. The molecule has 0 unspecified atom stereocenters. The molecular formula is C33H21N5O. The SMILES string of the molecule is c1ccc(-n2c3ccccc3c3ccc(Oc4ccc5c6ncccc6n(-c6ccccn6)c5c4)cc32)nc1. The molecule has 0 atom stereocenters. The fraction of sp³-hybridized carbons (Fsp3) is 0. The smallest absolute Gasteiger partial charge is 0.137 e. The lowest BCUT2D eigenvalue weighted by Crippen LogP contribution is -1.97. The minimum Gasteiger partial charge on any atom is -0.457 e. The van der Waals surface area contributed by atoms with Crippen LogP contribution in [-0.4, -0.2) is 24.1 Å². The van der Waals surface area contributed by atoms with Gasteiger partial charge < -0.3 is 4.74 Å². The molecule has 0 aliphatic rings. The number of rotatable bonds is 4. The number of hydrogen-bond donors (Lipinski definition) is 0. The number of pyridine rings is 3. The number of aromatic nitrogens is 5. The maximum Gasteiger partial charge on any atom is 0.137 e. The second kappa shape index (κ2) is 8.53. The molecule has 5 aromatic heterocycles. The average molecular weight is 504 g/mol. The van der Waals surface area contributed by atoms with Crippen LogP contribution in [0.5, 0.6) is 11.5 Å². The highest BCUT2D eigenvalue weighted by molar-refractivity contribution is 6.09. The van der Waals surface area contributed by atoms with Crippen molar-refractivity contribution in [2.45, 2.75) is 0 Å². The van der Waals surface area contributed by atoms with Gasteiger partial charge in [-0.25, -0.2) is 9.97 Å². The van der Waals surface area contributed by atoms with Crippen LogP contribution in [0.1, 0.15) is 0 Å². The summed E-state index contributed by atoms with van der Waals surface area (Å²) >= 11 is 0. The van der Waals surface area contributed by atoms with E-state index >= 15 is 0 Å². The van der Waals surface area contributed by atoms with Gasteiger partial charge in [0, 0.05) is 46.9 Å². The molecule has 5 heterocycles. The first kappa shape index (κ1) is 21.6. The van der Waals surface area contributed by atoms with Gasteiger partial charge >= 0.3 is 0 Å². The Morgan fingerprint density at radius 2 is 1.00 bits per heavy atom. The zero-order valence-corrected chi connectivity index (χ0v) is 20.8. The maximum atomic E-state index is 6.48. The zero-order valence-electron chi connectivity index (χ0n) is 20.8. The van der Waals surface area contributed by atoms with Gasteiger partial charge in [0.1, 0.15) is 23.1 Å². The Bertz CT molecular complexity index is 1990. The van der Waals surface area contributed by atoms with E-state index in [0.717, 1.165) is 61.5 Å². The first-order valence-corrected chi connectivity index (χ1v) is 12.8. The molecule has 0 saturated carbocycles. The molecule has 3 aromatic carbocycles. The van der Waals surface area contributed by atoms with Crippen LogP contribution in [0.25, 0.3) is 55.4 Å². The average Bonchev–Trinajstić information content (AvgIpc) is 3.50. The molecule has 8 rings (SSSR count). The molecule has 6 heteroatoms. The summed E-state index contributed by atoms with van der Waals surface area (Å²) < 4.78 is 10.8. The molecule has 184 valence electrons. The van der Waals surface area contributed by atoms with Crippen molar-refractivity contribution in [3.05, 3.63) is 128 Å². The topological polar surface area (TPSA) is 57.8 Å². The number of ether oxygens (including phenoxy) is 1. The molecule has 0 aliphatic carbocycles. The molecular weight excluding hydrogens is 482 g/mol. The van der Waals surface area contributed by atoms with Gasteiger partial charge in [-0.05, 0) is 66.7 Å². The van der Waals surface area contributed by atoms with Crippen LogP contribution in [0, 0.1) is 0 Å². The van der Waals surface area contributed by atoms with Gasteiger partial charge in [0.05, 0.1) is 27.6 Å². The lowest BCUT2D eigenvalue weighted by Gasteiger charge is -2.10. The first-order valence-electron chi connectivity index (χ1n) is 12.8. The summed E-state index contributed by atoms with van der Waals surface area (Å²) in [5, 5.41) is 3.38. The summed E-state index contributed by atoms with van der Waals surface area (Å²) in [4.78, 5) is 13.9. The van der Waals surface area contributed by atoms with Crippen molar-refractivity contribution in [3.8, 4) is 23.1 Å². The molecule has 8 aromatic rings. The van der Waals surface area contributed by atoms with Crippen molar-refractivity contribution < 1.29 is 4.74 Å². The highest BCUT2D eigenvalue weighted by atomic mass is 16.5. The minimum atomic E-state index is 0.738. The summed E-state index contributed by atoms with van der Waals surface area (Å²) in [7, 11) is 0. The standard InChI is InChI=1S/C33H21N5O/c1-2-9-27-24(8-1)25-15-13-22(20-29(25)37(27)31-11-3-5-17-34-31)39-23-14-16-26-30(21-23)38(32-12-4-6-18-35-32)28-10-7-19-36-33(26)28/h1-21H. The number of benzene rings is 3. The quantitative estimate of drug-likeness (QED) is 0.245. The van der Waals surface area contributed by atoms with Crippen LogP contribution in [-0.2, 0) is 0 Å². The van der Waals surface area contributed by atoms with E-state index in [1.807, 2.05) is 67.0 Å². The molecule has 0 bridgehead atoms. The van der Waals surface area contributed by atoms with Crippen molar-refractivity contribution in [1.29, 1.82) is 0 Å². The number of nitrogens with zero attached hydrogens (tertiary/aromatic N) is 5. The van der Waals surface area contributed by atoms with Crippen molar-refractivity contribution >= 4 is 43.7 Å². The van der Waals surface area contributed by atoms with E-state index < -0.39 is 0 Å².